The summed E-state index contributed by atoms with van der Waals surface area (Å²) in [7, 11) is 0. The van der Waals surface area contributed by atoms with Crippen molar-refractivity contribution in [3.05, 3.63) is 71.3 Å². The van der Waals surface area contributed by atoms with Crippen molar-refractivity contribution in [2.75, 3.05) is 6.54 Å². The van der Waals surface area contributed by atoms with E-state index in [0.717, 1.165) is 5.56 Å². The lowest BCUT2D eigenvalue weighted by atomic mass is 10.1. The van der Waals surface area contributed by atoms with Crippen LogP contribution in [0.1, 0.15) is 28.4 Å². The molecule has 2 rings (SSSR count). The summed E-state index contributed by atoms with van der Waals surface area (Å²) in [5, 5.41) is 11.6. The second-order valence-electron chi connectivity index (χ2n) is 5.27. The van der Waals surface area contributed by atoms with Gasteiger partial charge in [0.1, 0.15) is 0 Å². The normalized spacial score (nSPS) is 11.2. The molecule has 0 radical (unpaired) electrons. The molecule has 24 heavy (non-hydrogen) atoms. The zero-order valence-corrected chi connectivity index (χ0v) is 13.4. The Kier molecular flexibility index (Phi) is 6.09. The van der Waals surface area contributed by atoms with Crippen molar-refractivity contribution in [3.8, 4) is 6.07 Å². The number of esters is 1. The number of hydrogen-bond donors (Lipinski definition) is 1. The van der Waals surface area contributed by atoms with Gasteiger partial charge in [0, 0.05) is 6.54 Å². The molecule has 0 spiro atoms. The molecule has 0 bridgehead atoms. The Labute approximate surface area is 140 Å². The highest BCUT2D eigenvalue weighted by Gasteiger charge is 2.18. The van der Waals surface area contributed by atoms with Crippen LogP contribution in [0.15, 0.2) is 54.6 Å². The van der Waals surface area contributed by atoms with Crippen LogP contribution in [0, 0.1) is 11.3 Å². The smallest absolute Gasteiger partial charge is 0.338 e. The van der Waals surface area contributed by atoms with Crippen LogP contribution in [0.3, 0.4) is 0 Å². The van der Waals surface area contributed by atoms with Gasteiger partial charge in [-0.2, -0.15) is 5.26 Å². The van der Waals surface area contributed by atoms with Gasteiger partial charge in [-0.3, -0.25) is 4.79 Å². The molecular weight excluding hydrogens is 304 g/mol. The number of rotatable bonds is 6. The average Bonchev–Trinajstić information content (AvgIpc) is 2.62. The maximum Gasteiger partial charge on any atom is 0.338 e. The Morgan fingerprint density at radius 1 is 1.17 bits per heavy atom. The summed E-state index contributed by atoms with van der Waals surface area (Å²) in [6.45, 7) is 1.98. The quantitative estimate of drug-likeness (QED) is 0.829. The van der Waals surface area contributed by atoms with Crippen LogP contribution in [0.2, 0.25) is 0 Å². The lowest BCUT2D eigenvalue weighted by Gasteiger charge is -2.13. The molecule has 0 unspecified atom stereocenters. The molecule has 0 saturated carbocycles. The predicted molar refractivity (Wildman–Crippen MR) is 89.2 cm³/mol. The second kappa shape index (κ2) is 8.49. The Morgan fingerprint density at radius 3 is 2.62 bits per heavy atom. The summed E-state index contributed by atoms with van der Waals surface area (Å²) in [5.74, 6) is -0.978. The minimum Gasteiger partial charge on any atom is -0.449 e. The van der Waals surface area contributed by atoms with E-state index in [4.69, 9.17) is 10.00 Å². The van der Waals surface area contributed by atoms with Crippen LogP contribution >= 0.6 is 0 Å². The summed E-state index contributed by atoms with van der Waals surface area (Å²) < 4.78 is 5.14. The molecule has 0 saturated heterocycles. The van der Waals surface area contributed by atoms with E-state index in [1.807, 2.05) is 36.4 Å². The van der Waals surface area contributed by atoms with E-state index in [1.165, 1.54) is 13.0 Å². The van der Waals surface area contributed by atoms with E-state index < -0.39 is 12.1 Å². The van der Waals surface area contributed by atoms with Crippen molar-refractivity contribution in [1.29, 1.82) is 5.26 Å². The standard InChI is InChI=1S/C19H18N2O3/c1-14(18(22)21-11-10-15-6-3-2-4-7-15)24-19(23)17-9-5-8-16(12-17)13-20/h2-9,12,14H,10-11H2,1H3,(H,21,22)/t14-/m0/s1. The highest BCUT2D eigenvalue weighted by molar-refractivity contribution is 5.92. The molecule has 5 nitrogen and oxygen atoms in total. The molecule has 0 fully saturated rings. The van der Waals surface area contributed by atoms with Crippen LogP contribution in [0.4, 0.5) is 0 Å². The van der Waals surface area contributed by atoms with Crippen LogP contribution in [-0.4, -0.2) is 24.5 Å². The molecule has 0 aliphatic carbocycles. The average molecular weight is 322 g/mol. The van der Waals surface area contributed by atoms with E-state index in [2.05, 4.69) is 5.32 Å². The molecule has 2 aromatic carbocycles. The van der Waals surface area contributed by atoms with Crippen LogP contribution < -0.4 is 5.32 Å². The number of nitrogens with zero attached hydrogens (tertiary/aromatic N) is 1. The molecule has 1 N–H and O–H groups in total. The third-order valence-corrected chi connectivity index (χ3v) is 3.44. The molecule has 0 heterocycles. The summed E-state index contributed by atoms with van der Waals surface area (Å²) in [4.78, 5) is 24.0. The number of amides is 1. The first kappa shape index (κ1) is 17.2. The lowest BCUT2D eigenvalue weighted by molar-refractivity contribution is -0.129. The van der Waals surface area contributed by atoms with Gasteiger partial charge in [-0.25, -0.2) is 4.79 Å². The summed E-state index contributed by atoms with van der Waals surface area (Å²) in [6, 6.07) is 17.9. The zero-order valence-electron chi connectivity index (χ0n) is 13.4. The number of nitriles is 1. The first-order chi connectivity index (χ1) is 11.6. The molecule has 1 atom stereocenters. The van der Waals surface area contributed by atoms with Gasteiger partial charge in [-0.15, -0.1) is 0 Å². The largest absolute Gasteiger partial charge is 0.449 e. The van der Waals surface area contributed by atoms with Gasteiger partial charge in [0.15, 0.2) is 6.10 Å². The molecule has 5 heteroatoms. The number of ether oxygens (including phenoxy) is 1. The van der Waals surface area contributed by atoms with E-state index in [0.29, 0.717) is 18.5 Å². The van der Waals surface area contributed by atoms with Gasteiger partial charge in [-0.05, 0) is 37.1 Å². The first-order valence-electron chi connectivity index (χ1n) is 7.63. The Morgan fingerprint density at radius 2 is 1.92 bits per heavy atom. The molecular formula is C19H18N2O3. The first-order valence-corrected chi connectivity index (χ1v) is 7.63. The van der Waals surface area contributed by atoms with Crippen LogP contribution in [-0.2, 0) is 16.0 Å². The lowest BCUT2D eigenvalue weighted by Crippen LogP contribution is -2.36. The number of hydrogen-bond acceptors (Lipinski definition) is 4. The van der Waals surface area contributed by atoms with Gasteiger partial charge < -0.3 is 10.1 Å². The predicted octanol–water partition coefficient (Wildman–Crippen LogP) is 2.46. The monoisotopic (exact) mass is 322 g/mol. The topological polar surface area (TPSA) is 79.2 Å². The van der Waals surface area contributed by atoms with E-state index in [1.54, 1.807) is 18.2 Å². The maximum atomic E-state index is 12.0. The van der Waals surface area contributed by atoms with Crippen molar-refractivity contribution < 1.29 is 14.3 Å². The summed E-state index contributed by atoms with van der Waals surface area (Å²) >= 11 is 0. The molecule has 1 amide bonds. The third-order valence-electron chi connectivity index (χ3n) is 3.44. The maximum absolute atomic E-state index is 12.0. The molecule has 0 aromatic heterocycles. The zero-order chi connectivity index (χ0) is 17.4. The van der Waals surface area contributed by atoms with E-state index in [9.17, 15) is 9.59 Å². The van der Waals surface area contributed by atoms with Gasteiger partial charge in [0.25, 0.3) is 5.91 Å². The number of nitrogens with one attached hydrogen (secondary N) is 1. The van der Waals surface area contributed by atoms with Crippen molar-refractivity contribution in [3.63, 3.8) is 0 Å². The van der Waals surface area contributed by atoms with Crippen molar-refractivity contribution in [1.82, 2.24) is 5.32 Å². The van der Waals surface area contributed by atoms with Crippen LogP contribution in [0.5, 0.6) is 0 Å². The number of carbonyl (C=O) groups excluding carboxylic acids is 2. The summed E-state index contributed by atoms with van der Waals surface area (Å²) in [6.07, 6.45) is -0.198. The van der Waals surface area contributed by atoms with Gasteiger partial charge in [0.05, 0.1) is 17.2 Å². The number of benzene rings is 2. The highest BCUT2D eigenvalue weighted by atomic mass is 16.5. The molecule has 0 aliphatic heterocycles. The Hall–Kier alpha value is -3.13. The van der Waals surface area contributed by atoms with Gasteiger partial charge in [0.2, 0.25) is 0 Å². The molecule has 2 aromatic rings. The third kappa shape index (κ3) is 4.96. The van der Waals surface area contributed by atoms with Crippen molar-refractivity contribution in [2.24, 2.45) is 0 Å². The number of carbonyl (C=O) groups is 2. The second-order valence-corrected chi connectivity index (χ2v) is 5.27. The Bertz CT molecular complexity index is 751. The Balaban J connectivity index is 1.82. The van der Waals surface area contributed by atoms with Crippen molar-refractivity contribution >= 4 is 11.9 Å². The van der Waals surface area contributed by atoms with Gasteiger partial charge >= 0.3 is 5.97 Å². The van der Waals surface area contributed by atoms with Crippen LogP contribution in [0.25, 0.3) is 0 Å². The van der Waals surface area contributed by atoms with E-state index in [-0.39, 0.29) is 11.5 Å². The van der Waals surface area contributed by atoms with E-state index >= 15 is 0 Å². The fourth-order valence-corrected chi connectivity index (χ4v) is 2.12. The fourth-order valence-electron chi connectivity index (χ4n) is 2.12. The van der Waals surface area contributed by atoms with Crippen molar-refractivity contribution in [2.45, 2.75) is 19.4 Å². The highest BCUT2D eigenvalue weighted by Crippen LogP contribution is 2.07. The minimum atomic E-state index is -0.904. The SMILES string of the molecule is C[C@H](OC(=O)c1cccc(C#N)c1)C(=O)NCCc1ccccc1. The van der Waals surface area contributed by atoms with Gasteiger partial charge in [-0.1, -0.05) is 36.4 Å². The molecule has 0 aliphatic rings. The molecule has 122 valence electrons. The fraction of sp³-hybridized carbons (Fsp3) is 0.211. The minimum absolute atomic E-state index is 0.248. The summed E-state index contributed by atoms with van der Waals surface area (Å²) in [5.41, 5.74) is 1.73.